The van der Waals surface area contributed by atoms with Crippen molar-refractivity contribution in [1.29, 1.82) is 0 Å². The molecule has 0 bridgehead atoms. The molecule has 2 rings (SSSR count). The molecule has 0 N–H and O–H groups in total. The first-order chi connectivity index (χ1) is 10.0. The topological polar surface area (TPSA) is 63.5 Å². The van der Waals surface area contributed by atoms with Gasteiger partial charge in [0, 0.05) is 35.6 Å². The van der Waals surface area contributed by atoms with E-state index in [2.05, 4.69) is 15.9 Å². The van der Waals surface area contributed by atoms with Crippen molar-refractivity contribution >= 4 is 27.5 Å². The molecule has 1 saturated heterocycles. The number of likely N-dealkylation sites (tertiary alicyclic amines) is 1. The summed E-state index contributed by atoms with van der Waals surface area (Å²) in [6, 6.07) is 4.72. The fourth-order valence-corrected chi connectivity index (χ4v) is 3.38. The van der Waals surface area contributed by atoms with Crippen LogP contribution in [0.2, 0.25) is 0 Å². The molecule has 1 unspecified atom stereocenters. The summed E-state index contributed by atoms with van der Waals surface area (Å²) in [6.45, 7) is 2.52. The van der Waals surface area contributed by atoms with Gasteiger partial charge in [-0.25, -0.2) is 0 Å². The summed E-state index contributed by atoms with van der Waals surface area (Å²) in [7, 11) is 0. The van der Waals surface area contributed by atoms with Crippen molar-refractivity contribution in [2.24, 2.45) is 0 Å². The molecule has 114 valence electrons. The Labute approximate surface area is 132 Å². The second-order valence-electron chi connectivity index (χ2n) is 5.38. The fourth-order valence-electron chi connectivity index (χ4n) is 2.85. The number of non-ortho nitro benzene ring substituents is 1. The third-order valence-electron chi connectivity index (χ3n) is 3.98. The van der Waals surface area contributed by atoms with Crippen LogP contribution in [0.1, 0.15) is 41.6 Å². The highest BCUT2D eigenvalue weighted by Crippen LogP contribution is 2.25. The molecule has 1 aromatic carbocycles. The van der Waals surface area contributed by atoms with E-state index in [-0.39, 0.29) is 17.6 Å². The zero-order valence-electron chi connectivity index (χ0n) is 12.0. The highest BCUT2D eigenvalue weighted by Gasteiger charge is 2.28. The van der Waals surface area contributed by atoms with Crippen molar-refractivity contribution in [1.82, 2.24) is 4.90 Å². The number of hydrogen-bond donors (Lipinski definition) is 0. The predicted octanol–water partition coefficient (Wildman–Crippen LogP) is 3.68. The highest BCUT2D eigenvalue weighted by molar-refractivity contribution is 9.09. The highest BCUT2D eigenvalue weighted by atomic mass is 79.9. The second-order valence-corrected chi connectivity index (χ2v) is 6.18. The van der Waals surface area contributed by atoms with Gasteiger partial charge in [0.1, 0.15) is 0 Å². The van der Waals surface area contributed by atoms with Crippen molar-refractivity contribution < 1.29 is 9.72 Å². The Hall–Kier alpha value is -1.43. The fraction of sp³-hybridized carbons (Fsp3) is 0.533. The summed E-state index contributed by atoms with van der Waals surface area (Å²) in [5.74, 6) is -0.00644. The van der Waals surface area contributed by atoms with Crippen LogP contribution in [0.5, 0.6) is 0 Å². The zero-order valence-corrected chi connectivity index (χ0v) is 13.6. The van der Waals surface area contributed by atoms with Crippen molar-refractivity contribution in [3.8, 4) is 0 Å². The van der Waals surface area contributed by atoms with Crippen LogP contribution in [-0.4, -0.2) is 33.6 Å². The van der Waals surface area contributed by atoms with Gasteiger partial charge in [-0.15, -0.1) is 0 Å². The number of aryl methyl sites for hydroxylation is 1. The lowest BCUT2D eigenvalue weighted by Crippen LogP contribution is -2.44. The normalized spacial score (nSPS) is 18.6. The molecule has 1 fully saturated rings. The first-order valence-corrected chi connectivity index (χ1v) is 8.28. The van der Waals surface area contributed by atoms with Gasteiger partial charge in [-0.1, -0.05) is 15.9 Å². The average molecular weight is 355 g/mol. The molecule has 0 radical (unpaired) electrons. The molecule has 1 aliphatic heterocycles. The average Bonchev–Trinajstić information content (AvgIpc) is 2.47. The SMILES string of the molecule is Cc1cc([N+](=O)[O-])ccc1C(=O)N1CCCCC1CCBr. The molecule has 1 aromatic rings. The summed E-state index contributed by atoms with van der Waals surface area (Å²) < 4.78 is 0. The molecule has 5 nitrogen and oxygen atoms in total. The Morgan fingerprint density at radius 3 is 2.86 bits per heavy atom. The first-order valence-electron chi connectivity index (χ1n) is 7.16. The Balaban J connectivity index is 2.23. The van der Waals surface area contributed by atoms with E-state index >= 15 is 0 Å². The smallest absolute Gasteiger partial charge is 0.269 e. The largest absolute Gasteiger partial charge is 0.336 e. The third-order valence-corrected chi connectivity index (χ3v) is 4.44. The van der Waals surface area contributed by atoms with Crippen molar-refractivity contribution in [2.45, 2.75) is 38.6 Å². The molecule has 0 aromatic heterocycles. The third kappa shape index (κ3) is 3.61. The minimum atomic E-state index is -0.435. The van der Waals surface area contributed by atoms with Gasteiger partial charge in [-0.3, -0.25) is 14.9 Å². The quantitative estimate of drug-likeness (QED) is 0.470. The van der Waals surface area contributed by atoms with Crippen LogP contribution in [0.4, 0.5) is 5.69 Å². The maximum absolute atomic E-state index is 12.7. The summed E-state index contributed by atoms with van der Waals surface area (Å²) in [5, 5.41) is 11.7. The minimum absolute atomic E-state index is 0.00644. The van der Waals surface area contributed by atoms with Gasteiger partial charge in [0.25, 0.3) is 11.6 Å². The minimum Gasteiger partial charge on any atom is -0.336 e. The number of nitro benzene ring substituents is 1. The van der Waals surface area contributed by atoms with Crippen LogP contribution < -0.4 is 0 Å². The van der Waals surface area contributed by atoms with Crippen LogP contribution in [-0.2, 0) is 0 Å². The lowest BCUT2D eigenvalue weighted by Gasteiger charge is -2.36. The number of halogens is 1. The number of alkyl halides is 1. The van der Waals surface area contributed by atoms with Crippen LogP contribution >= 0.6 is 15.9 Å². The predicted molar refractivity (Wildman–Crippen MR) is 84.9 cm³/mol. The van der Waals surface area contributed by atoms with Crippen molar-refractivity contribution in [3.05, 3.63) is 39.4 Å². The van der Waals surface area contributed by atoms with Crippen molar-refractivity contribution in [3.63, 3.8) is 0 Å². The molecular weight excluding hydrogens is 336 g/mol. The zero-order chi connectivity index (χ0) is 15.4. The van der Waals surface area contributed by atoms with Crippen LogP contribution in [0, 0.1) is 17.0 Å². The number of hydrogen-bond acceptors (Lipinski definition) is 3. The molecule has 1 heterocycles. The summed E-state index contributed by atoms with van der Waals surface area (Å²) in [4.78, 5) is 25.0. The standard InChI is InChI=1S/C15H19BrN2O3/c1-11-10-13(18(20)21)5-6-14(11)15(19)17-9-3-2-4-12(17)7-8-16/h5-6,10,12H,2-4,7-9H2,1H3. The number of carbonyl (C=O) groups excluding carboxylic acids is 1. The van der Waals surface area contributed by atoms with E-state index in [0.29, 0.717) is 11.1 Å². The lowest BCUT2D eigenvalue weighted by molar-refractivity contribution is -0.384. The van der Waals surface area contributed by atoms with E-state index in [1.807, 2.05) is 4.90 Å². The molecule has 1 atom stereocenters. The van der Waals surface area contributed by atoms with Crippen molar-refractivity contribution in [2.75, 3.05) is 11.9 Å². The molecule has 0 aliphatic carbocycles. The molecule has 0 saturated carbocycles. The first kappa shape index (κ1) is 15.9. The maximum Gasteiger partial charge on any atom is 0.269 e. The van der Waals surface area contributed by atoms with Gasteiger partial charge in [-0.2, -0.15) is 0 Å². The Bertz CT molecular complexity index is 546. The van der Waals surface area contributed by atoms with E-state index in [9.17, 15) is 14.9 Å². The number of rotatable bonds is 4. The van der Waals surface area contributed by atoms with E-state index in [4.69, 9.17) is 0 Å². The van der Waals surface area contributed by atoms with E-state index in [1.165, 1.54) is 12.1 Å². The summed E-state index contributed by atoms with van der Waals surface area (Å²) in [5.41, 5.74) is 1.26. The molecule has 6 heteroatoms. The van der Waals surface area contributed by atoms with Gasteiger partial charge in [-0.05, 0) is 44.2 Å². The van der Waals surface area contributed by atoms with E-state index in [0.717, 1.165) is 37.6 Å². The van der Waals surface area contributed by atoms with Crippen LogP contribution in [0.15, 0.2) is 18.2 Å². The molecule has 1 amide bonds. The van der Waals surface area contributed by atoms with Gasteiger partial charge < -0.3 is 4.90 Å². The maximum atomic E-state index is 12.7. The molecule has 0 spiro atoms. The monoisotopic (exact) mass is 354 g/mol. The number of carbonyl (C=O) groups is 1. The van der Waals surface area contributed by atoms with Gasteiger partial charge in [0.05, 0.1) is 4.92 Å². The second kappa shape index (κ2) is 7.02. The van der Waals surface area contributed by atoms with E-state index in [1.54, 1.807) is 13.0 Å². The number of nitro groups is 1. The van der Waals surface area contributed by atoms with Gasteiger partial charge >= 0.3 is 0 Å². The molecular formula is C15H19BrN2O3. The van der Waals surface area contributed by atoms with Crippen LogP contribution in [0.25, 0.3) is 0 Å². The van der Waals surface area contributed by atoms with Gasteiger partial charge in [0.2, 0.25) is 0 Å². The number of amides is 1. The van der Waals surface area contributed by atoms with Gasteiger partial charge in [0.15, 0.2) is 0 Å². The Morgan fingerprint density at radius 1 is 1.48 bits per heavy atom. The lowest BCUT2D eigenvalue weighted by atomic mass is 9.97. The Morgan fingerprint density at radius 2 is 2.24 bits per heavy atom. The van der Waals surface area contributed by atoms with E-state index < -0.39 is 4.92 Å². The number of benzene rings is 1. The molecule has 1 aliphatic rings. The number of nitrogens with zero attached hydrogens (tertiary/aromatic N) is 2. The summed E-state index contributed by atoms with van der Waals surface area (Å²) >= 11 is 3.44. The summed E-state index contributed by atoms with van der Waals surface area (Å²) in [6.07, 6.45) is 4.15. The van der Waals surface area contributed by atoms with Crippen LogP contribution in [0.3, 0.4) is 0 Å². The Kier molecular flexibility index (Phi) is 5.33. The number of piperidine rings is 1. The molecule has 21 heavy (non-hydrogen) atoms.